The first kappa shape index (κ1) is 14.8. The molecule has 0 spiro atoms. The Morgan fingerprint density at radius 2 is 2.00 bits per heavy atom. The Morgan fingerprint density at radius 1 is 1.41 bits per heavy atom. The average molecular weight is 397 g/mol. The number of hydrogen-bond acceptors (Lipinski definition) is 1. The van der Waals surface area contributed by atoms with Gasteiger partial charge >= 0.3 is 6.18 Å². The molecule has 0 aliphatic rings. The highest BCUT2D eigenvalue weighted by atomic mass is 127. The standard InChI is InChI=1S/C9H6Cl2F3IN2/c10-3-8(16)17-7-1-4(9(12,13)14)5(11)2-6(7)15/h1-2H,3H2,(H2,16,17). The summed E-state index contributed by atoms with van der Waals surface area (Å²) in [5.74, 6) is -0.0138. The van der Waals surface area contributed by atoms with E-state index < -0.39 is 11.7 Å². The van der Waals surface area contributed by atoms with E-state index in [-0.39, 0.29) is 22.4 Å². The van der Waals surface area contributed by atoms with Crippen molar-refractivity contribution in [2.75, 3.05) is 5.88 Å². The molecule has 1 rings (SSSR count). The maximum Gasteiger partial charge on any atom is 0.417 e. The van der Waals surface area contributed by atoms with Crippen LogP contribution in [-0.4, -0.2) is 11.7 Å². The lowest BCUT2D eigenvalue weighted by molar-refractivity contribution is -0.137. The molecule has 0 unspecified atom stereocenters. The van der Waals surface area contributed by atoms with Crippen LogP contribution in [0.4, 0.5) is 18.9 Å². The van der Waals surface area contributed by atoms with Gasteiger partial charge in [-0.2, -0.15) is 13.2 Å². The fourth-order valence-electron chi connectivity index (χ4n) is 1.03. The number of nitrogens with zero attached hydrogens (tertiary/aromatic N) is 1. The number of aliphatic imine (C=N–C) groups is 1. The second-order valence-electron chi connectivity index (χ2n) is 3.02. The van der Waals surface area contributed by atoms with Gasteiger partial charge in [0, 0.05) is 3.57 Å². The first-order chi connectivity index (χ1) is 7.75. The summed E-state index contributed by atoms with van der Waals surface area (Å²) in [4.78, 5) is 3.79. The molecule has 0 aliphatic carbocycles. The molecular formula is C9H6Cl2F3IN2. The predicted octanol–water partition coefficient (Wildman–Crippen LogP) is 4.19. The van der Waals surface area contributed by atoms with Crippen molar-refractivity contribution >= 4 is 57.3 Å². The monoisotopic (exact) mass is 396 g/mol. The second kappa shape index (κ2) is 5.62. The fraction of sp³-hybridized carbons (Fsp3) is 0.222. The summed E-state index contributed by atoms with van der Waals surface area (Å²) in [7, 11) is 0. The van der Waals surface area contributed by atoms with Gasteiger partial charge in [-0.3, -0.25) is 0 Å². The van der Waals surface area contributed by atoms with Crippen LogP contribution >= 0.6 is 45.8 Å². The lowest BCUT2D eigenvalue weighted by atomic mass is 10.2. The molecule has 0 atom stereocenters. The van der Waals surface area contributed by atoms with E-state index in [0.717, 1.165) is 6.07 Å². The molecule has 2 nitrogen and oxygen atoms in total. The quantitative estimate of drug-likeness (QED) is 0.346. The van der Waals surface area contributed by atoms with Crippen LogP contribution in [0.15, 0.2) is 17.1 Å². The van der Waals surface area contributed by atoms with Gasteiger partial charge in [0.15, 0.2) is 0 Å². The molecular weight excluding hydrogens is 391 g/mol. The van der Waals surface area contributed by atoms with E-state index in [4.69, 9.17) is 28.9 Å². The first-order valence-electron chi connectivity index (χ1n) is 4.21. The van der Waals surface area contributed by atoms with Gasteiger partial charge in [-0.15, -0.1) is 11.6 Å². The van der Waals surface area contributed by atoms with Gasteiger partial charge in [0.05, 0.1) is 22.2 Å². The van der Waals surface area contributed by atoms with E-state index in [1.54, 1.807) is 0 Å². The molecule has 0 radical (unpaired) electrons. The number of amidine groups is 1. The zero-order valence-corrected chi connectivity index (χ0v) is 11.8. The SMILES string of the molecule is NC(CCl)=Nc1cc(C(F)(F)F)c(Cl)cc1I. The fourth-order valence-corrected chi connectivity index (χ4v) is 2.13. The van der Waals surface area contributed by atoms with Gasteiger partial charge in [-0.05, 0) is 34.7 Å². The van der Waals surface area contributed by atoms with Crippen LogP contribution in [0.3, 0.4) is 0 Å². The molecule has 17 heavy (non-hydrogen) atoms. The predicted molar refractivity (Wildman–Crippen MR) is 71.2 cm³/mol. The molecule has 1 aromatic rings. The van der Waals surface area contributed by atoms with Crippen molar-refractivity contribution in [3.8, 4) is 0 Å². The summed E-state index contributed by atoms with van der Waals surface area (Å²) >= 11 is 12.8. The second-order valence-corrected chi connectivity index (χ2v) is 4.85. The molecule has 94 valence electrons. The molecule has 0 heterocycles. The van der Waals surface area contributed by atoms with Crippen molar-refractivity contribution in [1.82, 2.24) is 0 Å². The molecule has 0 fully saturated rings. The van der Waals surface area contributed by atoms with Crippen LogP contribution in [0.25, 0.3) is 0 Å². The van der Waals surface area contributed by atoms with Crippen LogP contribution < -0.4 is 5.73 Å². The van der Waals surface area contributed by atoms with E-state index in [9.17, 15) is 13.2 Å². The zero-order chi connectivity index (χ0) is 13.2. The van der Waals surface area contributed by atoms with E-state index >= 15 is 0 Å². The van der Waals surface area contributed by atoms with Crippen molar-refractivity contribution in [3.05, 3.63) is 26.3 Å². The van der Waals surface area contributed by atoms with E-state index in [1.807, 2.05) is 22.6 Å². The molecule has 0 amide bonds. The van der Waals surface area contributed by atoms with Crippen LogP contribution in [-0.2, 0) is 6.18 Å². The third kappa shape index (κ3) is 3.89. The van der Waals surface area contributed by atoms with Gasteiger partial charge in [-0.1, -0.05) is 11.6 Å². The third-order valence-electron chi connectivity index (χ3n) is 1.74. The third-order valence-corrected chi connectivity index (χ3v) is 3.19. The van der Waals surface area contributed by atoms with Gasteiger partial charge < -0.3 is 5.73 Å². The van der Waals surface area contributed by atoms with Crippen molar-refractivity contribution in [3.63, 3.8) is 0 Å². The highest BCUT2D eigenvalue weighted by Crippen LogP contribution is 2.38. The minimum atomic E-state index is -4.53. The number of hydrogen-bond donors (Lipinski definition) is 1. The summed E-state index contributed by atoms with van der Waals surface area (Å²) in [6.45, 7) is 0. The Kier molecular flexibility index (Phi) is 4.91. The largest absolute Gasteiger partial charge is 0.417 e. The van der Waals surface area contributed by atoms with Gasteiger partial charge in [0.2, 0.25) is 0 Å². The van der Waals surface area contributed by atoms with Gasteiger partial charge in [0.1, 0.15) is 5.84 Å². The number of benzene rings is 1. The number of halogens is 6. The van der Waals surface area contributed by atoms with Crippen molar-refractivity contribution in [1.29, 1.82) is 0 Å². The van der Waals surface area contributed by atoms with Gasteiger partial charge in [-0.25, -0.2) is 4.99 Å². The van der Waals surface area contributed by atoms with Crippen LogP contribution in [0, 0.1) is 3.57 Å². The molecule has 0 bridgehead atoms. The Hall–Kier alpha value is -0.210. The molecule has 0 saturated heterocycles. The minimum absolute atomic E-state index is 0.0417. The van der Waals surface area contributed by atoms with Crippen LogP contribution in [0.5, 0.6) is 0 Å². The highest BCUT2D eigenvalue weighted by Gasteiger charge is 2.34. The molecule has 0 aliphatic heterocycles. The first-order valence-corrected chi connectivity index (χ1v) is 6.20. The van der Waals surface area contributed by atoms with Crippen LogP contribution in [0.1, 0.15) is 5.56 Å². The molecule has 0 aromatic heterocycles. The van der Waals surface area contributed by atoms with Crippen molar-refractivity contribution in [2.24, 2.45) is 10.7 Å². The molecule has 8 heteroatoms. The number of rotatable bonds is 2. The molecule has 2 N–H and O–H groups in total. The maximum atomic E-state index is 12.6. The van der Waals surface area contributed by atoms with E-state index in [0.29, 0.717) is 3.57 Å². The van der Waals surface area contributed by atoms with Crippen LogP contribution in [0.2, 0.25) is 5.02 Å². The van der Waals surface area contributed by atoms with Crippen molar-refractivity contribution in [2.45, 2.75) is 6.18 Å². The van der Waals surface area contributed by atoms with Gasteiger partial charge in [0.25, 0.3) is 0 Å². The Bertz CT molecular complexity index is 460. The Morgan fingerprint density at radius 3 is 2.47 bits per heavy atom. The topological polar surface area (TPSA) is 38.4 Å². The number of alkyl halides is 4. The molecule has 1 aromatic carbocycles. The smallest absolute Gasteiger partial charge is 0.386 e. The maximum absolute atomic E-state index is 12.6. The summed E-state index contributed by atoms with van der Waals surface area (Å²) in [6, 6.07) is 2.04. The zero-order valence-electron chi connectivity index (χ0n) is 8.15. The Balaban J connectivity index is 3.34. The Labute approximate surface area is 119 Å². The normalized spacial score (nSPS) is 12.9. The lowest BCUT2D eigenvalue weighted by Gasteiger charge is -2.11. The summed E-state index contributed by atoms with van der Waals surface area (Å²) in [6.07, 6.45) is -4.53. The summed E-state index contributed by atoms with van der Waals surface area (Å²) in [5.41, 5.74) is 4.53. The average Bonchev–Trinajstić information content (AvgIpc) is 2.19. The lowest BCUT2D eigenvalue weighted by Crippen LogP contribution is -2.12. The summed E-state index contributed by atoms with van der Waals surface area (Å²) in [5, 5.41) is -0.370. The molecule has 0 saturated carbocycles. The summed E-state index contributed by atoms with van der Waals surface area (Å²) < 4.78 is 38.2. The highest BCUT2D eigenvalue weighted by molar-refractivity contribution is 14.1. The van der Waals surface area contributed by atoms with E-state index in [1.165, 1.54) is 6.07 Å². The van der Waals surface area contributed by atoms with E-state index in [2.05, 4.69) is 4.99 Å². The van der Waals surface area contributed by atoms with Crippen molar-refractivity contribution < 1.29 is 13.2 Å². The minimum Gasteiger partial charge on any atom is -0.386 e. The number of nitrogens with two attached hydrogens (primary N) is 1.